The highest BCUT2D eigenvalue weighted by atomic mass is 14.9. The summed E-state index contributed by atoms with van der Waals surface area (Å²) in [7, 11) is 0. The zero-order chi connectivity index (χ0) is 13.4. The maximum atomic E-state index is 3.61. The standard InChI is InChI=1S/C17H28N/c1-5-8-15(4)18-13-17-10-7-6-9-16(17)12-11-14(2)3/h6-7,10,14-15,18H,5,8,11-13H2,1-4H3. The van der Waals surface area contributed by atoms with Gasteiger partial charge in [-0.1, -0.05) is 45.4 Å². The minimum atomic E-state index is 0.605. The first-order chi connectivity index (χ1) is 8.63. The van der Waals surface area contributed by atoms with Gasteiger partial charge in [-0.2, -0.15) is 0 Å². The van der Waals surface area contributed by atoms with Crippen LogP contribution in [0.15, 0.2) is 18.2 Å². The van der Waals surface area contributed by atoms with Gasteiger partial charge in [-0.15, -0.1) is 0 Å². The Morgan fingerprint density at radius 2 is 2.00 bits per heavy atom. The van der Waals surface area contributed by atoms with Gasteiger partial charge in [-0.05, 0) is 49.3 Å². The van der Waals surface area contributed by atoms with Crippen LogP contribution in [0.5, 0.6) is 0 Å². The van der Waals surface area contributed by atoms with E-state index in [1.165, 1.54) is 30.4 Å². The average Bonchev–Trinajstić information content (AvgIpc) is 2.35. The number of hydrogen-bond donors (Lipinski definition) is 1. The Morgan fingerprint density at radius 3 is 2.67 bits per heavy atom. The summed E-state index contributed by atoms with van der Waals surface area (Å²) in [6.07, 6.45) is 4.89. The highest BCUT2D eigenvalue weighted by Crippen LogP contribution is 2.14. The molecular weight excluding hydrogens is 218 g/mol. The Bertz CT molecular complexity index is 330. The summed E-state index contributed by atoms with van der Waals surface area (Å²) in [6.45, 7) is 10.0. The molecule has 0 aliphatic carbocycles. The molecule has 0 aliphatic heterocycles. The molecule has 1 atom stereocenters. The molecule has 0 fully saturated rings. The van der Waals surface area contributed by atoms with Crippen LogP contribution >= 0.6 is 0 Å². The second-order valence-electron chi connectivity index (χ2n) is 5.68. The van der Waals surface area contributed by atoms with Gasteiger partial charge < -0.3 is 5.32 Å². The Labute approximate surface area is 113 Å². The SMILES string of the molecule is CCCC(C)NCc1ccc[c]c1CCC(C)C. The molecule has 1 nitrogen and oxygen atoms in total. The molecule has 1 radical (unpaired) electrons. The molecule has 1 N–H and O–H groups in total. The number of hydrogen-bond acceptors (Lipinski definition) is 1. The van der Waals surface area contributed by atoms with E-state index in [2.05, 4.69) is 51.2 Å². The molecule has 101 valence electrons. The molecule has 1 unspecified atom stereocenters. The lowest BCUT2D eigenvalue weighted by atomic mass is 9.98. The van der Waals surface area contributed by atoms with E-state index in [4.69, 9.17) is 0 Å². The maximum absolute atomic E-state index is 3.61. The molecular formula is C17H28N. The van der Waals surface area contributed by atoms with Crippen molar-refractivity contribution in [2.75, 3.05) is 0 Å². The van der Waals surface area contributed by atoms with Gasteiger partial charge in [0.1, 0.15) is 0 Å². The van der Waals surface area contributed by atoms with Crippen LogP contribution < -0.4 is 5.32 Å². The van der Waals surface area contributed by atoms with Crippen LogP contribution in [0.2, 0.25) is 0 Å². The number of aryl methyl sites for hydroxylation is 1. The van der Waals surface area contributed by atoms with E-state index in [-0.39, 0.29) is 0 Å². The van der Waals surface area contributed by atoms with Gasteiger partial charge in [0.15, 0.2) is 0 Å². The van der Waals surface area contributed by atoms with Crippen LogP contribution in [0.25, 0.3) is 0 Å². The fraction of sp³-hybridized carbons (Fsp3) is 0.647. The molecule has 1 aromatic carbocycles. The largest absolute Gasteiger partial charge is 0.310 e. The maximum Gasteiger partial charge on any atom is 0.0210 e. The smallest absolute Gasteiger partial charge is 0.0210 e. The van der Waals surface area contributed by atoms with Crippen LogP contribution in [0, 0.1) is 12.0 Å². The third-order valence-electron chi connectivity index (χ3n) is 3.37. The lowest BCUT2D eigenvalue weighted by Gasteiger charge is -2.15. The van der Waals surface area contributed by atoms with Crippen molar-refractivity contribution >= 4 is 0 Å². The normalized spacial score (nSPS) is 12.9. The van der Waals surface area contributed by atoms with Crippen molar-refractivity contribution in [3.8, 4) is 0 Å². The van der Waals surface area contributed by atoms with Crippen molar-refractivity contribution in [2.24, 2.45) is 5.92 Å². The first-order valence-corrected chi connectivity index (χ1v) is 7.35. The first kappa shape index (κ1) is 15.2. The summed E-state index contributed by atoms with van der Waals surface area (Å²) in [5.74, 6) is 0.762. The van der Waals surface area contributed by atoms with Crippen molar-refractivity contribution in [1.82, 2.24) is 5.32 Å². The topological polar surface area (TPSA) is 12.0 Å². The number of rotatable bonds is 8. The van der Waals surface area contributed by atoms with Crippen LogP contribution in [0.1, 0.15) is 58.1 Å². The molecule has 0 amide bonds. The van der Waals surface area contributed by atoms with E-state index < -0.39 is 0 Å². The molecule has 0 spiro atoms. The molecule has 0 heterocycles. The molecule has 1 aromatic rings. The monoisotopic (exact) mass is 246 g/mol. The summed E-state index contributed by atoms with van der Waals surface area (Å²) in [6, 6.07) is 10.4. The third-order valence-corrected chi connectivity index (χ3v) is 3.37. The Balaban J connectivity index is 2.53. The Hall–Kier alpha value is -0.820. The summed E-state index contributed by atoms with van der Waals surface area (Å²) < 4.78 is 0. The predicted octanol–water partition coefficient (Wildman–Crippen LogP) is 4.35. The van der Waals surface area contributed by atoms with E-state index in [0.29, 0.717) is 6.04 Å². The van der Waals surface area contributed by atoms with Crippen LogP contribution in [-0.2, 0) is 13.0 Å². The lowest BCUT2D eigenvalue weighted by molar-refractivity contribution is 0.505. The van der Waals surface area contributed by atoms with Crippen LogP contribution in [-0.4, -0.2) is 6.04 Å². The molecule has 0 aromatic heterocycles. The van der Waals surface area contributed by atoms with E-state index in [9.17, 15) is 0 Å². The predicted molar refractivity (Wildman–Crippen MR) is 79.6 cm³/mol. The molecule has 0 aliphatic rings. The van der Waals surface area contributed by atoms with E-state index in [1.807, 2.05) is 6.07 Å². The van der Waals surface area contributed by atoms with E-state index >= 15 is 0 Å². The minimum Gasteiger partial charge on any atom is -0.310 e. The van der Waals surface area contributed by atoms with Gasteiger partial charge in [0.05, 0.1) is 0 Å². The third kappa shape index (κ3) is 5.68. The number of nitrogens with one attached hydrogen (secondary N) is 1. The van der Waals surface area contributed by atoms with E-state index in [0.717, 1.165) is 18.9 Å². The van der Waals surface area contributed by atoms with E-state index in [1.54, 1.807) is 0 Å². The highest BCUT2D eigenvalue weighted by molar-refractivity contribution is 5.26. The quantitative estimate of drug-likeness (QED) is 0.719. The second kappa shape index (κ2) is 8.31. The number of benzene rings is 1. The molecule has 1 rings (SSSR count). The van der Waals surface area contributed by atoms with Crippen LogP contribution in [0.4, 0.5) is 0 Å². The van der Waals surface area contributed by atoms with Crippen molar-refractivity contribution in [3.05, 3.63) is 35.4 Å². The van der Waals surface area contributed by atoms with Gasteiger partial charge in [0, 0.05) is 12.6 Å². The van der Waals surface area contributed by atoms with Crippen molar-refractivity contribution in [3.63, 3.8) is 0 Å². The minimum absolute atomic E-state index is 0.605. The van der Waals surface area contributed by atoms with Gasteiger partial charge in [-0.3, -0.25) is 0 Å². The fourth-order valence-electron chi connectivity index (χ4n) is 2.16. The summed E-state index contributed by atoms with van der Waals surface area (Å²) in [5.41, 5.74) is 2.81. The zero-order valence-corrected chi connectivity index (χ0v) is 12.4. The van der Waals surface area contributed by atoms with Gasteiger partial charge in [-0.25, -0.2) is 0 Å². The van der Waals surface area contributed by atoms with Gasteiger partial charge >= 0.3 is 0 Å². The summed E-state index contributed by atoms with van der Waals surface area (Å²) >= 11 is 0. The fourth-order valence-corrected chi connectivity index (χ4v) is 2.16. The zero-order valence-electron chi connectivity index (χ0n) is 12.4. The molecule has 0 bridgehead atoms. The second-order valence-corrected chi connectivity index (χ2v) is 5.68. The van der Waals surface area contributed by atoms with Crippen molar-refractivity contribution in [1.29, 1.82) is 0 Å². The Morgan fingerprint density at radius 1 is 1.22 bits per heavy atom. The molecule has 0 saturated heterocycles. The Kier molecular flexibility index (Phi) is 7.04. The molecule has 1 heteroatoms. The van der Waals surface area contributed by atoms with Crippen LogP contribution in [0.3, 0.4) is 0 Å². The summed E-state index contributed by atoms with van der Waals surface area (Å²) in [5, 5.41) is 3.61. The average molecular weight is 246 g/mol. The molecule has 18 heavy (non-hydrogen) atoms. The van der Waals surface area contributed by atoms with Crippen molar-refractivity contribution < 1.29 is 0 Å². The van der Waals surface area contributed by atoms with Gasteiger partial charge in [0.2, 0.25) is 0 Å². The summed E-state index contributed by atoms with van der Waals surface area (Å²) in [4.78, 5) is 0. The lowest BCUT2D eigenvalue weighted by Crippen LogP contribution is -2.25. The molecule has 0 saturated carbocycles. The van der Waals surface area contributed by atoms with Gasteiger partial charge in [0.25, 0.3) is 0 Å². The highest BCUT2D eigenvalue weighted by Gasteiger charge is 2.05. The first-order valence-electron chi connectivity index (χ1n) is 7.35. The van der Waals surface area contributed by atoms with Crippen molar-refractivity contribution in [2.45, 2.75) is 66.0 Å².